The van der Waals surface area contributed by atoms with Gasteiger partial charge in [0.05, 0.1) is 33.8 Å². The molecule has 0 spiro atoms. The molecular formula is C26H21F2N5O3S. The number of nitriles is 1. The molecule has 0 bridgehead atoms. The van der Waals surface area contributed by atoms with E-state index in [2.05, 4.69) is 10.4 Å². The third-order valence-electron chi connectivity index (χ3n) is 6.42. The van der Waals surface area contributed by atoms with Gasteiger partial charge in [-0.2, -0.15) is 10.4 Å². The first kappa shape index (κ1) is 24.5. The summed E-state index contributed by atoms with van der Waals surface area (Å²) in [5.41, 5.74) is -0.865. The van der Waals surface area contributed by atoms with Crippen molar-refractivity contribution < 1.29 is 22.0 Å². The highest BCUT2D eigenvalue weighted by Gasteiger charge is 2.42. The van der Waals surface area contributed by atoms with E-state index in [1.807, 2.05) is 6.07 Å². The largest absolute Gasteiger partial charge is 0.323 e. The first-order valence-electron chi connectivity index (χ1n) is 11.5. The minimum Gasteiger partial charge on any atom is -0.323 e. The third kappa shape index (κ3) is 4.57. The van der Waals surface area contributed by atoms with Gasteiger partial charge in [-0.15, -0.1) is 0 Å². The van der Waals surface area contributed by atoms with Crippen molar-refractivity contribution >= 4 is 21.3 Å². The van der Waals surface area contributed by atoms with Crippen molar-refractivity contribution in [2.75, 3.05) is 6.54 Å². The number of rotatable bonds is 6. The zero-order valence-corrected chi connectivity index (χ0v) is 20.2. The molecule has 37 heavy (non-hydrogen) atoms. The van der Waals surface area contributed by atoms with E-state index in [9.17, 15) is 27.3 Å². The average molecular weight is 522 g/mol. The number of benzene rings is 2. The number of likely N-dealkylation sites (tertiary alicyclic amines) is 1. The van der Waals surface area contributed by atoms with Crippen LogP contribution in [0.4, 0.5) is 8.78 Å². The SMILES string of the molecule is N#Cc1cccc(S(=O)(=O)C(NC(=O)c2cnn3ccccc23)N2CCCC2c2cc(F)ccc2F)c1. The Hall–Kier alpha value is -4.14. The molecule has 1 fully saturated rings. The van der Waals surface area contributed by atoms with Gasteiger partial charge in [0.25, 0.3) is 5.91 Å². The summed E-state index contributed by atoms with van der Waals surface area (Å²) in [5, 5.41) is 16.0. The Morgan fingerprint density at radius 3 is 2.78 bits per heavy atom. The summed E-state index contributed by atoms with van der Waals surface area (Å²) in [4.78, 5) is 14.7. The van der Waals surface area contributed by atoms with Crippen molar-refractivity contribution in [1.82, 2.24) is 19.8 Å². The molecule has 5 rings (SSSR count). The van der Waals surface area contributed by atoms with E-state index < -0.39 is 38.9 Å². The van der Waals surface area contributed by atoms with E-state index in [4.69, 9.17) is 0 Å². The highest BCUT2D eigenvalue weighted by Crippen LogP contribution is 2.37. The van der Waals surface area contributed by atoms with Crippen LogP contribution in [-0.2, 0) is 9.84 Å². The van der Waals surface area contributed by atoms with E-state index in [1.54, 1.807) is 24.4 Å². The second-order valence-corrected chi connectivity index (χ2v) is 10.7. The molecule has 0 saturated carbocycles. The molecule has 2 aromatic carbocycles. The zero-order valence-electron chi connectivity index (χ0n) is 19.4. The van der Waals surface area contributed by atoms with Crippen LogP contribution in [0.25, 0.3) is 5.52 Å². The molecule has 1 amide bonds. The lowest BCUT2D eigenvalue weighted by atomic mass is 10.0. The number of fused-ring (bicyclic) bond motifs is 1. The van der Waals surface area contributed by atoms with Crippen LogP contribution >= 0.6 is 0 Å². The van der Waals surface area contributed by atoms with Gasteiger partial charge < -0.3 is 5.32 Å². The van der Waals surface area contributed by atoms with Crippen LogP contribution in [0.15, 0.2) is 78.0 Å². The summed E-state index contributed by atoms with van der Waals surface area (Å²) in [6.45, 7) is 0.206. The highest BCUT2D eigenvalue weighted by atomic mass is 32.2. The molecule has 2 unspecified atom stereocenters. The average Bonchev–Trinajstić information content (AvgIpc) is 3.56. The Kier molecular flexibility index (Phi) is 6.45. The Labute approximate surface area is 211 Å². The number of hydrogen-bond acceptors (Lipinski definition) is 6. The maximum absolute atomic E-state index is 14.8. The van der Waals surface area contributed by atoms with E-state index in [0.717, 1.165) is 18.2 Å². The molecule has 4 aromatic rings. The van der Waals surface area contributed by atoms with Crippen molar-refractivity contribution in [2.24, 2.45) is 0 Å². The van der Waals surface area contributed by atoms with Crippen molar-refractivity contribution in [3.05, 3.63) is 101 Å². The van der Waals surface area contributed by atoms with Crippen LogP contribution in [-0.4, -0.2) is 40.9 Å². The lowest BCUT2D eigenvalue weighted by Gasteiger charge is -2.33. The number of aromatic nitrogens is 2. The van der Waals surface area contributed by atoms with Crippen LogP contribution in [0.5, 0.6) is 0 Å². The zero-order chi connectivity index (χ0) is 26.2. The van der Waals surface area contributed by atoms with Gasteiger partial charge in [-0.3, -0.25) is 9.69 Å². The van der Waals surface area contributed by atoms with Gasteiger partial charge in [-0.25, -0.2) is 21.7 Å². The van der Waals surface area contributed by atoms with Gasteiger partial charge in [0.15, 0.2) is 5.50 Å². The lowest BCUT2D eigenvalue weighted by molar-refractivity contribution is 0.0894. The molecule has 1 N–H and O–H groups in total. The van der Waals surface area contributed by atoms with Gasteiger partial charge in [-0.05, 0) is 61.4 Å². The number of pyridine rings is 1. The van der Waals surface area contributed by atoms with E-state index >= 15 is 0 Å². The lowest BCUT2D eigenvalue weighted by Crippen LogP contribution is -2.52. The Bertz CT molecular complexity index is 1650. The van der Waals surface area contributed by atoms with Crippen molar-refractivity contribution in [3.8, 4) is 6.07 Å². The number of nitrogens with zero attached hydrogens (tertiary/aromatic N) is 4. The van der Waals surface area contributed by atoms with Gasteiger partial charge in [-0.1, -0.05) is 12.1 Å². The monoisotopic (exact) mass is 521 g/mol. The second-order valence-electron chi connectivity index (χ2n) is 8.66. The molecule has 0 radical (unpaired) electrons. The molecule has 2 aromatic heterocycles. The minimum absolute atomic E-state index is 0.00806. The molecule has 3 heterocycles. The fourth-order valence-electron chi connectivity index (χ4n) is 4.68. The number of nitrogens with one attached hydrogen (secondary N) is 1. The number of sulfone groups is 1. The van der Waals surface area contributed by atoms with Gasteiger partial charge in [0.1, 0.15) is 11.6 Å². The highest BCUT2D eigenvalue weighted by molar-refractivity contribution is 7.92. The normalized spacial score (nSPS) is 16.9. The molecule has 1 saturated heterocycles. The van der Waals surface area contributed by atoms with Crippen LogP contribution in [0.2, 0.25) is 0 Å². The van der Waals surface area contributed by atoms with Crippen molar-refractivity contribution in [3.63, 3.8) is 0 Å². The summed E-state index contributed by atoms with van der Waals surface area (Å²) >= 11 is 0. The molecular weight excluding hydrogens is 500 g/mol. The van der Waals surface area contributed by atoms with E-state index in [0.29, 0.717) is 18.4 Å². The van der Waals surface area contributed by atoms with Crippen molar-refractivity contribution in [2.45, 2.75) is 29.3 Å². The summed E-state index contributed by atoms with van der Waals surface area (Å²) in [5.74, 6) is -2.02. The summed E-state index contributed by atoms with van der Waals surface area (Å²) in [7, 11) is -4.32. The van der Waals surface area contributed by atoms with Crippen LogP contribution in [0.1, 0.15) is 40.4 Å². The van der Waals surface area contributed by atoms with Gasteiger partial charge in [0.2, 0.25) is 9.84 Å². The van der Waals surface area contributed by atoms with Gasteiger partial charge in [0, 0.05) is 24.3 Å². The van der Waals surface area contributed by atoms with Crippen LogP contribution in [0.3, 0.4) is 0 Å². The fourth-order valence-corrected chi connectivity index (χ4v) is 6.37. The Morgan fingerprint density at radius 2 is 1.97 bits per heavy atom. The minimum atomic E-state index is -4.32. The second kappa shape index (κ2) is 9.72. The number of carbonyl (C=O) groups is 1. The quantitative estimate of drug-likeness (QED) is 0.414. The summed E-state index contributed by atoms with van der Waals surface area (Å²) < 4.78 is 58.1. The first-order valence-corrected chi connectivity index (χ1v) is 13.0. The third-order valence-corrected chi connectivity index (χ3v) is 8.31. The smallest absolute Gasteiger partial charge is 0.257 e. The predicted molar refractivity (Wildman–Crippen MR) is 130 cm³/mol. The number of carbonyl (C=O) groups excluding carboxylic acids is 1. The maximum Gasteiger partial charge on any atom is 0.257 e. The predicted octanol–water partition coefficient (Wildman–Crippen LogP) is 3.81. The summed E-state index contributed by atoms with van der Waals surface area (Å²) in [6, 6.07) is 14.7. The van der Waals surface area contributed by atoms with E-state index in [-0.39, 0.29) is 28.1 Å². The molecule has 8 nitrogen and oxygen atoms in total. The van der Waals surface area contributed by atoms with Crippen LogP contribution < -0.4 is 5.32 Å². The molecule has 11 heteroatoms. The number of hydrogen-bond donors (Lipinski definition) is 1. The molecule has 2 atom stereocenters. The first-order chi connectivity index (χ1) is 17.8. The molecule has 0 aliphatic carbocycles. The fraction of sp³-hybridized carbons (Fsp3) is 0.192. The van der Waals surface area contributed by atoms with E-state index in [1.165, 1.54) is 39.9 Å². The Balaban J connectivity index is 1.59. The maximum atomic E-state index is 14.8. The Morgan fingerprint density at radius 1 is 1.14 bits per heavy atom. The molecule has 1 aliphatic rings. The molecule has 188 valence electrons. The molecule has 1 aliphatic heterocycles. The number of halogens is 2. The topological polar surface area (TPSA) is 108 Å². The van der Waals surface area contributed by atoms with Gasteiger partial charge >= 0.3 is 0 Å². The standard InChI is InChI=1S/C26H21F2N5O3S/c27-18-9-10-22(28)20(14-18)23-8-4-11-32(23)26(37(35,36)19-6-3-5-17(13-19)15-29)31-25(34)21-16-30-33-12-2-1-7-24(21)33/h1-3,5-7,9-10,12-14,16,23,26H,4,8,11H2,(H,31,34). The van der Waals surface area contributed by atoms with Crippen molar-refractivity contribution in [1.29, 1.82) is 5.26 Å². The number of amides is 1. The van der Waals surface area contributed by atoms with Crippen LogP contribution in [0, 0.1) is 23.0 Å². The summed E-state index contributed by atoms with van der Waals surface area (Å²) in [6.07, 6.45) is 3.84.